The minimum absolute atomic E-state index is 0.170. The molecule has 0 radical (unpaired) electrons. The summed E-state index contributed by atoms with van der Waals surface area (Å²) in [6.07, 6.45) is 1.82. The van der Waals surface area contributed by atoms with Crippen LogP contribution in [0.2, 0.25) is 0 Å². The second kappa shape index (κ2) is 6.35. The molecular formula is C15H16FNO2. The van der Waals surface area contributed by atoms with Crippen LogP contribution >= 0.6 is 0 Å². The van der Waals surface area contributed by atoms with Crippen LogP contribution < -0.4 is 5.32 Å². The van der Waals surface area contributed by atoms with Gasteiger partial charge < -0.3 is 10.1 Å². The van der Waals surface area contributed by atoms with Gasteiger partial charge in [-0.15, -0.1) is 0 Å². The van der Waals surface area contributed by atoms with Gasteiger partial charge in [0, 0.05) is 13.2 Å². The molecule has 1 aromatic carbocycles. The fourth-order valence-electron chi connectivity index (χ4n) is 2.18. The number of benzene rings is 1. The second-order valence-corrected chi connectivity index (χ2v) is 4.46. The van der Waals surface area contributed by atoms with Crippen molar-refractivity contribution in [3.63, 3.8) is 0 Å². The summed E-state index contributed by atoms with van der Waals surface area (Å²) in [7, 11) is 0. The zero-order chi connectivity index (χ0) is 13.7. The van der Waals surface area contributed by atoms with Gasteiger partial charge in [-0.2, -0.15) is 0 Å². The quantitative estimate of drug-likeness (QED) is 0.831. The van der Waals surface area contributed by atoms with Gasteiger partial charge in [-0.25, -0.2) is 4.39 Å². The van der Waals surface area contributed by atoms with E-state index < -0.39 is 11.7 Å². The molecule has 1 N–H and O–H groups in total. The van der Waals surface area contributed by atoms with Gasteiger partial charge in [0.1, 0.15) is 5.82 Å². The van der Waals surface area contributed by atoms with Crippen LogP contribution in [0.1, 0.15) is 31.2 Å². The number of amides is 1. The molecule has 0 atom stereocenters. The molecule has 1 saturated heterocycles. The lowest BCUT2D eigenvalue weighted by Crippen LogP contribution is -2.15. The van der Waals surface area contributed by atoms with Gasteiger partial charge in [-0.3, -0.25) is 4.79 Å². The fraction of sp³-hybridized carbons (Fsp3) is 0.400. The van der Waals surface area contributed by atoms with Crippen molar-refractivity contribution in [1.29, 1.82) is 0 Å². The standard InChI is InChI=1S/C15H16FNO2/c1-2-3-15(18)17-14-5-4-12(10-13(14)16)11-6-8-19-9-7-11/h4-5,10-11H,6-9H2,1H3,(H,17,18). The highest BCUT2D eigenvalue weighted by atomic mass is 19.1. The molecule has 0 aliphatic carbocycles. The lowest BCUT2D eigenvalue weighted by Gasteiger charge is -2.22. The van der Waals surface area contributed by atoms with E-state index in [-0.39, 0.29) is 5.69 Å². The van der Waals surface area contributed by atoms with Gasteiger partial charge in [0.25, 0.3) is 5.91 Å². The minimum atomic E-state index is -0.500. The number of hydrogen-bond acceptors (Lipinski definition) is 2. The fourth-order valence-corrected chi connectivity index (χ4v) is 2.18. The zero-order valence-electron chi connectivity index (χ0n) is 10.8. The minimum Gasteiger partial charge on any atom is -0.381 e. The van der Waals surface area contributed by atoms with Crippen LogP contribution in [-0.4, -0.2) is 19.1 Å². The summed E-state index contributed by atoms with van der Waals surface area (Å²) in [6.45, 7) is 3.00. The van der Waals surface area contributed by atoms with Gasteiger partial charge >= 0.3 is 0 Å². The second-order valence-electron chi connectivity index (χ2n) is 4.46. The number of rotatable bonds is 2. The SMILES string of the molecule is CC#CC(=O)Nc1ccc(C2CCOCC2)cc1F. The van der Waals surface area contributed by atoms with Crippen molar-refractivity contribution in [2.24, 2.45) is 0 Å². The van der Waals surface area contributed by atoms with Crippen molar-refractivity contribution in [2.75, 3.05) is 18.5 Å². The van der Waals surface area contributed by atoms with E-state index in [9.17, 15) is 9.18 Å². The highest BCUT2D eigenvalue weighted by molar-refractivity contribution is 6.03. The van der Waals surface area contributed by atoms with Gasteiger partial charge in [0.05, 0.1) is 5.69 Å². The Hall–Kier alpha value is -1.86. The van der Waals surface area contributed by atoms with E-state index in [1.165, 1.54) is 6.07 Å². The molecule has 1 aromatic rings. The number of carbonyl (C=O) groups is 1. The first-order valence-corrected chi connectivity index (χ1v) is 6.31. The lowest BCUT2D eigenvalue weighted by atomic mass is 9.91. The van der Waals surface area contributed by atoms with Gasteiger partial charge in [-0.1, -0.05) is 12.0 Å². The Morgan fingerprint density at radius 1 is 1.42 bits per heavy atom. The highest BCUT2D eigenvalue weighted by Gasteiger charge is 2.17. The predicted molar refractivity (Wildman–Crippen MR) is 71.3 cm³/mol. The van der Waals surface area contributed by atoms with E-state index in [2.05, 4.69) is 17.2 Å². The topological polar surface area (TPSA) is 38.3 Å². The summed E-state index contributed by atoms with van der Waals surface area (Å²) in [4.78, 5) is 11.3. The smallest absolute Gasteiger partial charge is 0.300 e. The molecule has 0 unspecified atom stereocenters. The summed E-state index contributed by atoms with van der Waals surface area (Å²) >= 11 is 0. The van der Waals surface area contributed by atoms with Crippen molar-refractivity contribution in [2.45, 2.75) is 25.7 Å². The Kier molecular flexibility index (Phi) is 4.53. The lowest BCUT2D eigenvalue weighted by molar-refractivity contribution is -0.111. The summed E-state index contributed by atoms with van der Waals surface area (Å²) < 4.78 is 19.2. The Balaban J connectivity index is 2.11. The normalized spacial score (nSPS) is 15.5. The first-order chi connectivity index (χ1) is 9.20. The van der Waals surface area contributed by atoms with E-state index in [0.717, 1.165) is 31.6 Å². The molecule has 0 saturated carbocycles. The first-order valence-electron chi connectivity index (χ1n) is 6.31. The van der Waals surface area contributed by atoms with Crippen LogP contribution in [0.3, 0.4) is 0 Å². The van der Waals surface area contributed by atoms with Crippen molar-refractivity contribution in [3.05, 3.63) is 29.6 Å². The summed E-state index contributed by atoms with van der Waals surface area (Å²) in [6, 6.07) is 4.94. The third-order valence-corrected chi connectivity index (χ3v) is 3.17. The van der Waals surface area contributed by atoms with Crippen molar-refractivity contribution in [1.82, 2.24) is 0 Å². The highest BCUT2D eigenvalue weighted by Crippen LogP contribution is 2.29. The third kappa shape index (κ3) is 3.55. The number of ether oxygens (including phenoxy) is 1. The van der Waals surface area contributed by atoms with E-state index in [1.54, 1.807) is 13.0 Å². The molecule has 3 nitrogen and oxygen atoms in total. The number of hydrogen-bond donors (Lipinski definition) is 1. The van der Waals surface area contributed by atoms with Crippen molar-refractivity contribution >= 4 is 11.6 Å². The van der Waals surface area contributed by atoms with Crippen molar-refractivity contribution in [3.8, 4) is 11.8 Å². The largest absolute Gasteiger partial charge is 0.381 e. The average molecular weight is 261 g/mol. The Bertz CT molecular complexity index is 525. The summed E-state index contributed by atoms with van der Waals surface area (Å²) in [5, 5.41) is 2.43. The molecule has 0 spiro atoms. The molecule has 0 bridgehead atoms. The average Bonchev–Trinajstić information content (AvgIpc) is 2.42. The Morgan fingerprint density at radius 3 is 2.79 bits per heavy atom. The molecule has 1 heterocycles. The van der Waals surface area contributed by atoms with Crippen LogP contribution in [0.15, 0.2) is 18.2 Å². The maximum atomic E-state index is 13.9. The molecule has 1 amide bonds. The Labute approximate surface area is 112 Å². The van der Waals surface area contributed by atoms with Gasteiger partial charge in [0.15, 0.2) is 0 Å². The van der Waals surface area contributed by atoms with E-state index in [1.807, 2.05) is 6.07 Å². The first kappa shape index (κ1) is 13.6. The van der Waals surface area contributed by atoms with E-state index in [4.69, 9.17) is 4.74 Å². The molecular weight excluding hydrogens is 245 g/mol. The predicted octanol–water partition coefficient (Wildman–Crippen LogP) is 2.68. The monoisotopic (exact) mass is 261 g/mol. The van der Waals surface area contributed by atoms with E-state index in [0.29, 0.717) is 5.92 Å². The van der Waals surface area contributed by atoms with Crippen LogP contribution in [0, 0.1) is 17.7 Å². The third-order valence-electron chi connectivity index (χ3n) is 3.17. The molecule has 4 heteroatoms. The number of nitrogens with one attached hydrogen (secondary N) is 1. The number of carbonyl (C=O) groups excluding carboxylic acids is 1. The van der Waals surface area contributed by atoms with Crippen LogP contribution in [0.4, 0.5) is 10.1 Å². The molecule has 1 aliphatic heterocycles. The molecule has 100 valence electrons. The Morgan fingerprint density at radius 2 is 2.16 bits per heavy atom. The van der Waals surface area contributed by atoms with Crippen molar-refractivity contribution < 1.29 is 13.9 Å². The maximum absolute atomic E-state index is 13.9. The van der Waals surface area contributed by atoms with Gasteiger partial charge in [-0.05, 0) is 49.3 Å². The van der Waals surface area contributed by atoms with E-state index >= 15 is 0 Å². The summed E-state index contributed by atoms with van der Waals surface area (Å²) in [5.74, 6) is 4.20. The van der Waals surface area contributed by atoms with Crippen LogP contribution in [0.5, 0.6) is 0 Å². The zero-order valence-corrected chi connectivity index (χ0v) is 10.8. The number of halogens is 1. The summed E-state index contributed by atoms with van der Waals surface area (Å²) in [5.41, 5.74) is 1.13. The van der Waals surface area contributed by atoms with Crippen LogP contribution in [-0.2, 0) is 9.53 Å². The maximum Gasteiger partial charge on any atom is 0.300 e. The van der Waals surface area contributed by atoms with Crippen LogP contribution in [0.25, 0.3) is 0 Å². The number of anilines is 1. The molecule has 2 rings (SSSR count). The molecule has 1 aliphatic rings. The molecule has 0 aromatic heterocycles. The van der Waals surface area contributed by atoms with Gasteiger partial charge in [0.2, 0.25) is 0 Å². The molecule has 1 fully saturated rings. The molecule has 19 heavy (non-hydrogen) atoms.